The monoisotopic (exact) mass is 427 g/mol. The van der Waals surface area contributed by atoms with Gasteiger partial charge in [0.2, 0.25) is 11.7 Å². The third-order valence-electron chi connectivity index (χ3n) is 5.26. The molecule has 1 aromatic carbocycles. The number of anilines is 1. The fraction of sp³-hybridized carbons (Fsp3) is 0.500. The highest BCUT2D eigenvalue weighted by atomic mass is 16.5. The molecule has 31 heavy (non-hydrogen) atoms. The number of pyridine rings is 1. The van der Waals surface area contributed by atoms with E-state index in [2.05, 4.69) is 15.2 Å². The lowest BCUT2D eigenvalue weighted by atomic mass is 9.96. The summed E-state index contributed by atoms with van der Waals surface area (Å²) in [6.07, 6.45) is 5.46. The van der Waals surface area contributed by atoms with Crippen molar-refractivity contribution in [2.75, 3.05) is 37.8 Å². The Kier molecular flexibility index (Phi) is 8.38. The predicted octanol–water partition coefficient (Wildman–Crippen LogP) is 3.81. The second-order valence-corrected chi connectivity index (χ2v) is 7.43. The van der Waals surface area contributed by atoms with Gasteiger partial charge in [0.05, 0.1) is 25.7 Å². The number of amides is 1. The first-order chi connectivity index (χ1) is 15.2. The molecular weight excluding hydrogens is 394 g/mol. The van der Waals surface area contributed by atoms with Gasteiger partial charge in [0.1, 0.15) is 0 Å². The van der Waals surface area contributed by atoms with Crippen molar-refractivity contribution in [3.63, 3.8) is 0 Å². The molecule has 0 bridgehead atoms. The number of hydrogen-bond donors (Lipinski definition) is 1. The number of piperidine rings is 1. The van der Waals surface area contributed by atoms with Crippen molar-refractivity contribution in [1.29, 1.82) is 0 Å². The first-order valence-corrected chi connectivity index (χ1v) is 11.1. The molecular formula is C24H33N3O4. The minimum absolute atomic E-state index is 0.0395. The second-order valence-electron chi connectivity index (χ2n) is 7.43. The van der Waals surface area contributed by atoms with Gasteiger partial charge in [-0.05, 0) is 63.4 Å². The van der Waals surface area contributed by atoms with Gasteiger partial charge in [-0.3, -0.25) is 9.78 Å². The molecule has 0 radical (unpaired) electrons. The average Bonchev–Trinajstić information content (AvgIpc) is 2.80. The molecule has 7 nitrogen and oxygen atoms in total. The van der Waals surface area contributed by atoms with E-state index in [0.29, 0.717) is 50.2 Å². The summed E-state index contributed by atoms with van der Waals surface area (Å²) < 4.78 is 17.3. The SMILES string of the molecule is CCOc1cc(CNC(=O)C2CCCN(c3ccncc3)C2)cc(OCC)c1OCC. The summed E-state index contributed by atoms with van der Waals surface area (Å²) in [5.41, 5.74) is 2.03. The number of benzene rings is 1. The van der Waals surface area contributed by atoms with E-state index in [0.717, 1.165) is 30.6 Å². The summed E-state index contributed by atoms with van der Waals surface area (Å²) >= 11 is 0. The molecule has 0 saturated carbocycles. The summed E-state index contributed by atoms with van der Waals surface area (Å²) in [5.74, 6) is 1.93. The van der Waals surface area contributed by atoms with Crippen LogP contribution in [0.25, 0.3) is 0 Å². The smallest absolute Gasteiger partial charge is 0.225 e. The average molecular weight is 428 g/mol. The molecule has 1 aliphatic rings. The molecule has 168 valence electrons. The van der Waals surface area contributed by atoms with Crippen LogP contribution < -0.4 is 24.4 Å². The lowest BCUT2D eigenvalue weighted by molar-refractivity contribution is -0.125. The number of rotatable bonds is 10. The quantitative estimate of drug-likeness (QED) is 0.622. The van der Waals surface area contributed by atoms with Crippen LogP contribution in [0.5, 0.6) is 17.2 Å². The third-order valence-corrected chi connectivity index (χ3v) is 5.26. The molecule has 1 aliphatic heterocycles. The van der Waals surface area contributed by atoms with Gasteiger partial charge in [-0.15, -0.1) is 0 Å². The molecule has 1 fully saturated rings. The normalized spacial score (nSPS) is 16.0. The highest BCUT2D eigenvalue weighted by Crippen LogP contribution is 2.39. The van der Waals surface area contributed by atoms with E-state index < -0.39 is 0 Å². The Labute approximate surface area is 184 Å². The number of carbonyl (C=O) groups excluding carboxylic acids is 1. The zero-order chi connectivity index (χ0) is 22.1. The van der Waals surface area contributed by atoms with E-state index in [-0.39, 0.29) is 11.8 Å². The van der Waals surface area contributed by atoms with Gasteiger partial charge in [0, 0.05) is 37.7 Å². The summed E-state index contributed by atoms with van der Waals surface area (Å²) in [6.45, 7) is 9.45. The fourth-order valence-electron chi connectivity index (χ4n) is 3.86. The van der Waals surface area contributed by atoms with Crippen molar-refractivity contribution >= 4 is 11.6 Å². The number of carbonyl (C=O) groups is 1. The van der Waals surface area contributed by atoms with Gasteiger partial charge < -0.3 is 24.4 Å². The Morgan fingerprint density at radius 3 is 2.32 bits per heavy atom. The van der Waals surface area contributed by atoms with Crippen LogP contribution in [0.2, 0.25) is 0 Å². The van der Waals surface area contributed by atoms with Crippen LogP contribution in [0.15, 0.2) is 36.7 Å². The van der Waals surface area contributed by atoms with Gasteiger partial charge in [0.15, 0.2) is 11.5 Å². The minimum Gasteiger partial charge on any atom is -0.490 e. The van der Waals surface area contributed by atoms with Crippen molar-refractivity contribution < 1.29 is 19.0 Å². The predicted molar refractivity (Wildman–Crippen MR) is 121 cm³/mol. The highest BCUT2D eigenvalue weighted by molar-refractivity contribution is 5.79. The van der Waals surface area contributed by atoms with Gasteiger partial charge in [-0.2, -0.15) is 0 Å². The van der Waals surface area contributed by atoms with E-state index in [1.54, 1.807) is 12.4 Å². The van der Waals surface area contributed by atoms with Crippen LogP contribution in [0, 0.1) is 5.92 Å². The molecule has 0 aliphatic carbocycles. The van der Waals surface area contributed by atoms with E-state index in [1.165, 1.54) is 0 Å². The van der Waals surface area contributed by atoms with Crippen LogP contribution in [-0.2, 0) is 11.3 Å². The van der Waals surface area contributed by atoms with Gasteiger partial charge in [-0.1, -0.05) is 0 Å². The van der Waals surface area contributed by atoms with Crippen molar-refractivity contribution in [3.05, 3.63) is 42.2 Å². The number of aromatic nitrogens is 1. The molecule has 7 heteroatoms. The topological polar surface area (TPSA) is 72.9 Å². The molecule has 1 unspecified atom stereocenters. The lowest BCUT2D eigenvalue weighted by Gasteiger charge is -2.33. The molecule has 2 heterocycles. The summed E-state index contributed by atoms with van der Waals surface area (Å²) in [7, 11) is 0. The lowest BCUT2D eigenvalue weighted by Crippen LogP contribution is -2.43. The van der Waals surface area contributed by atoms with Crippen LogP contribution in [-0.4, -0.2) is 43.8 Å². The first kappa shape index (κ1) is 22.7. The van der Waals surface area contributed by atoms with Crippen LogP contribution in [0.1, 0.15) is 39.2 Å². The number of hydrogen-bond acceptors (Lipinski definition) is 6. The Bertz CT molecular complexity index is 817. The zero-order valence-corrected chi connectivity index (χ0v) is 18.7. The summed E-state index contributed by atoms with van der Waals surface area (Å²) in [5, 5.41) is 3.10. The molecule has 1 aromatic heterocycles. The molecule has 1 atom stereocenters. The Balaban J connectivity index is 1.67. The summed E-state index contributed by atoms with van der Waals surface area (Å²) in [4.78, 5) is 19.2. The first-order valence-electron chi connectivity index (χ1n) is 11.1. The van der Waals surface area contributed by atoms with Crippen molar-refractivity contribution in [2.24, 2.45) is 5.92 Å². The molecule has 1 amide bonds. The molecule has 0 spiro atoms. The van der Waals surface area contributed by atoms with Crippen LogP contribution >= 0.6 is 0 Å². The van der Waals surface area contributed by atoms with E-state index in [9.17, 15) is 4.79 Å². The standard InChI is InChI=1S/C24H33N3O4/c1-4-29-21-14-18(15-22(30-5-2)23(21)31-6-3)16-26-24(28)19-8-7-13-27(17-19)20-9-11-25-12-10-20/h9-12,14-15,19H,4-8,13,16-17H2,1-3H3,(H,26,28). The third kappa shape index (κ3) is 6.03. The highest BCUT2D eigenvalue weighted by Gasteiger charge is 2.26. The Morgan fingerprint density at radius 1 is 1.06 bits per heavy atom. The van der Waals surface area contributed by atoms with Gasteiger partial charge in [0.25, 0.3) is 0 Å². The molecule has 2 aromatic rings. The second kappa shape index (κ2) is 11.4. The Hall–Kier alpha value is -2.96. The Morgan fingerprint density at radius 2 is 1.71 bits per heavy atom. The van der Waals surface area contributed by atoms with E-state index in [1.807, 2.05) is 45.0 Å². The fourth-order valence-corrected chi connectivity index (χ4v) is 3.86. The number of nitrogens with zero attached hydrogens (tertiary/aromatic N) is 2. The number of nitrogens with one attached hydrogen (secondary N) is 1. The maximum atomic E-state index is 12.9. The largest absolute Gasteiger partial charge is 0.490 e. The zero-order valence-electron chi connectivity index (χ0n) is 18.7. The van der Waals surface area contributed by atoms with E-state index >= 15 is 0 Å². The minimum atomic E-state index is -0.0395. The van der Waals surface area contributed by atoms with E-state index in [4.69, 9.17) is 14.2 Å². The molecule has 1 saturated heterocycles. The van der Waals surface area contributed by atoms with Gasteiger partial charge >= 0.3 is 0 Å². The maximum Gasteiger partial charge on any atom is 0.225 e. The summed E-state index contributed by atoms with van der Waals surface area (Å²) in [6, 6.07) is 7.82. The maximum absolute atomic E-state index is 12.9. The van der Waals surface area contributed by atoms with Crippen LogP contribution in [0.4, 0.5) is 5.69 Å². The van der Waals surface area contributed by atoms with Crippen LogP contribution in [0.3, 0.4) is 0 Å². The molecule has 3 rings (SSSR count). The van der Waals surface area contributed by atoms with Crippen molar-refractivity contribution in [2.45, 2.75) is 40.2 Å². The van der Waals surface area contributed by atoms with Gasteiger partial charge in [-0.25, -0.2) is 0 Å². The molecule has 1 N–H and O–H groups in total. The van der Waals surface area contributed by atoms with Crippen molar-refractivity contribution in [1.82, 2.24) is 10.3 Å². The number of ether oxygens (including phenoxy) is 3. The van der Waals surface area contributed by atoms with Crippen molar-refractivity contribution in [3.8, 4) is 17.2 Å².